The fraction of sp³-hybridized carbons (Fsp3) is 0.385. The van der Waals surface area contributed by atoms with Gasteiger partial charge in [-0.15, -0.1) is 0 Å². The summed E-state index contributed by atoms with van der Waals surface area (Å²) >= 11 is 0. The molecule has 1 aromatic carbocycles. The molecule has 0 amide bonds. The molecule has 3 rings (SSSR count). The van der Waals surface area contributed by atoms with Gasteiger partial charge in [0.2, 0.25) is 0 Å². The van der Waals surface area contributed by atoms with Crippen LogP contribution in [0.1, 0.15) is 24.3 Å². The van der Waals surface area contributed by atoms with Crippen LogP contribution in [-0.2, 0) is 0 Å². The minimum absolute atomic E-state index is 0.693. The van der Waals surface area contributed by atoms with Crippen molar-refractivity contribution in [2.45, 2.75) is 18.8 Å². The zero-order valence-electron chi connectivity index (χ0n) is 9.29. The Balaban J connectivity index is 2.03. The van der Waals surface area contributed by atoms with Gasteiger partial charge in [0.05, 0.1) is 0 Å². The van der Waals surface area contributed by atoms with Gasteiger partial charge in [0.1, 0.15) is 0 Å². The number of nitrogens with two attached hydrogens (primary N) is 1. The van der Waals surface area contributed by atoms with Gasteiger partial charge in [-0.3, -0.25) is 0 Å². The molecule has 84 valence electrons. The topological polar surface area (TPSA) is 53.8 Å². The molecule has 0 aliphatic carbocycles. The predicted molar refractivity (Wildman–Crippen MR) is 67.6 cm³/mol. The van der Waals surface area contributed by atoms with E-state index in [2.05, 4.69) is 22.6 Å². The minimum Gasteiger partial charge on any atom is -0.399 e. The van der Waals surface area contributed by atoms with Crippen LogP contribution >= 0.6 is 0 Å². The third kappa shape index (κ3) is 1.57. The van der Waals surface area contributed by atoms with Crippen molar-refractivity contribution in [1.29, 1.82) is 0 Å². The molecule has 1 saturated heterocycles. The number of benzene rings is 1. The van der Waals surface area contributed by atoms with Gasteiger partial charge in [-0.2, -0.15) is 0 Å². The van der Waals surface area contributed by atoms with E-state index in [1.54, 1.807) is 0 Å². The Morgan fingerprint density at radius 2 is 2.00 bits per heavy atom. The number of piperidine rings is 1. The van der Waals surface area contributed by atoms with Crippen LogP contribution in [0.2, 0.25) is 0 Å². The molecule has 16 heavy (non-hydrogen) atoms. The first-order chi connectivity index (χ1) is 7.84. The average Bonchev–Trinajstić information content (AvgIpc) is 2.73. The van der Waals surface area contributed by atoms with Crippen molar-refractivity contribution in [3.8, 4) is 0 Å². The summed E-state index contributed by atoms with van der Waals surface area (Å²) in [4.78, 5) is 3.33. The lowest BCUT2D eigenvalue weighted by atomic mass is 9.90. The Hall–Kier alpha value is -1.48. The minimum atomic E-state index is 0.693. The highest BCUT2D eigenvalue weighted by Crippen LogP contribution is 2.31. The van der Waals surface area contributed by atoms with E-state index >= 15 is 0 Å². The summed E-state index contributed by atoms with van der Waals surface area (Å²) in [5, 5.41) is 4.74. The number of rotatable bonds is 1. The molecule has 0 unspecified atom stereocenters. The molecule has 3 nitrogen and oxygen atoms in total. The number of H-pyrrole nitrogens is 1. The number of nitrogen functional groups attached to an aromatic ring is 1. The molecule has 1 aromatic heterocycles. The van der Waals surface area contributed by atoms with Gasteiger partial charge >= 0.3 is 0 Å². The van der Waals surface area contributed by atoms with Crippen LogP contribution in [0, 0.1) is 0 Å². The molecular weight excluding hydrogens is 198 g/mol. The summed E-state index contributed by atoms with van der Waals surface area (Å²) in [6, 6.07) is 6.14. The van der Waals surface area contributed by atoms with E-state index in [0.29, 0.717) is 5.92 Å². The first kappa shape index (κ1) is 9.73. The highest BCUT2D eigenvalue weighted by atomic mass is 14.9. The lowest BCUT2D eigenvalue weighted by molar-refractivity contribution is 0.462. The summed E-state index contributed by atoms with van der Waals surface area (Å²) in [6.45, 7) is 2.26. The Morgan fingerprint density at radius 1 is 1.19 bits per heavy atom. The Morgan fingerprint density at radius 3 is 2.81 bits per heavy atom. The van der Waals surface area contributed by atoms with Crippen molar-refractivity contribution >= 4 is 16.6 Å². The highest BCUT2D eigenvalue weighted by Gasteiger charge is 2.18. The van der Waals surface area contributed by atoms with Crippen LogP contribution in [0.3, 0.4) is 0 Å². The molecule has 0 radical (unpaired) electrons. The zero-order chi connectivity index (χ0) is 11.0. The van der Waals surface area contributed by atoms with Crippen LogP contribution in [0.4, 0.5) is 5.69 Å². The first-order valence-corrected chi connectivity index (χ1v) is 5.92. The monoisotopic (exact) mass is 215 g/mol. The van der Waals surface area contributed by atoms with E-state index in [9.17, 15) is 0 Å². The summed E-state index contributed by atoms with van der Waals surface area (Å²) < 4.78 is 0. The molecule has 3 heteroatoms. The summed E-state index contributed by atoms with van der Waals surface area (Å²) in [5.41, 5.74) is 9.22. The van der Waals surface area contributed by atoms with Crippen molar-refractivity contribution in [3.63, 3.8) is 0 Å². The largest absolute Gasteiger partial charge is 0.399 e. The number of hydrogen-bond donors (Lipinski definition) is 3. The lowest BCUT2D eigenvalue weighted by Crippen LogP contribution is -2.26. The van der Waals surface area contributed by atoms with Crippen molar-refractivity contribution in [2.24, 2.45) is 0 Å². The van der Waals surface area contributed by atoms with E-state index < -0.39 is 0 Å². The van der Waals surface area contributed by atoms with Crippen molar-refractivity contribution in [3.05, 3.63) is 30.0 Å². The van der Waals surface area contributed by atoms with E-state index in [1.807, 2.05) is 12.1 Å². The molecule has 1 aliphatic rings. The standard InChI is InChI=1S/C13H17N3/c14-10-1-2-11-12(8-16-13(11)7-10)9-3-5-15-6-4-9/h1-2,7-9,15-16H,3-6,14H2. The second kappa shape index (κ2) is 3.83. The number of anilines is 1. The maximum atomic E-state index is 5.78. The molecule has 0 spiro atoms. The highest BCUT2D eigenvalue weighted by molar-refractivity contribution is 5.86. The Bertz CT molecular complexity index is 495. The van der Waals surface area contributed by atoms with Gasteiger partial charge in [-0.1, -0.05) is 6.07 Å². The van der Waals surface area contributed by atoms with E-state index in [-0.39, 0.29) is 0 Å². The van der Waals surface area contributed by atoms with Crippen LogP contribution in [0.25, 0.3) is 10.9 Å². The number of fused-ring (bicyclic) bond motifs is 1. The first-order valence-electron chi connectivity index (χ1n) is 5.92. The number of nitrogens with one attached hydrogen (secondary N) is 2. The molecule has 0 bridgehead atoms. The maximum Gasteiger partial charge on any atom is 0.0477 e. The fourth-order valence-electron chi connectivity index (χ4n) is 2.64. The van der Waals surface area contributed by atoms with Crippen LogP contribution in [0.5, 0.6) is 0 Å². The van der Waals surface area contributed by atoms with Crippen molar-refractivity contribution in [2.75, 3.05) is 18.8 Å². The zero-order valence-corrected chi connectivity index (χ0v) is 9.29. The SMILES string of the molecule is Nc1ccc2c(C3CCNCC3)c[nH]c2c1. The summed E-state index contributed by atoms with van der Waals surface area (Å²) in [7, 11) is 0. The molecule has 2 aromatic rings. The van der Waals surface area contributed by atoms with Gasteiger partial charge < -0.3 is 16.0 Å². The second-order valence-corrected chi connectivity index (χ2v) is 4.57. The lowest BCUT2D eigenvalue weighted by Gasteiger charge is -2.22. The molecule has 0 atom stereocenters. The van der Waals surface area contributed by atoms with E-state index in [1.165, 1.54) is 23.8 Å². The smallest absolute Gasteiger partial charge is 0.0477 e. The molecule has 2 heterocycles. The summed E-state index contributed by atoms with van der Waals surface area (Å²) in [6.07, 6.45) is 4.62. The van der Waals surface area contributed by atoms with Gasteiger partial charge in [0.25, 0.3) is 0 Å². The number of hydrogen-bond acceptors (Lipinski definition) is 2. The Kier molecular flexibility index (Phi) is 2.33. The van der Waals surface area contributed by atoms with E-state index in [4.69, 9.17) is 5.73 Å². The second-order valence-electron chi connectivity index (χ2n) is 4.57. The Labute approximate surface area is 95.0 Å². The fourth-order valence-corrected chi connectivity index (χ4v) is 2.64. The number of aromatic nitrogens is 1. The van der Waals surface area contributed by atoms with Crippen LogP contribution in [-0.4, -0.2) is 18.1 Å². The number of aromatic amines is 1. The third-order valence-corrected chi connectivity index (χ3v) is 3.52. The van der Waals surface area contributed by atoms with Crippen LogP contribution in [0.15, 0.2) is 24.4 Å². The maximum absolute atomic E-state index is 5.78. The quantitative estimate of drug-likeness (QED) is 0.639. The van der Waals surface area contributed by atoms with Crippen LogP contribution < -0.4 is 11.1 Å². The van der Waals surface area contributed by atoms with Crippen molar-refractivity contribution in [1.82, 2.24) is 10.3 Å². The van der Waals surface area contributed by atoms with Gasteiger partial charge in [-0.05, 0) is 49.5 Å². The molecule has 4 N–H and O–H groups in total. The molecule has 0 saturated carbocycles. The van der Waals surface area contributed by atoms with E-state index in [0.717, 1.165) is 24.3 Å². The average molecular weight is 215 g/mol. The third-order valence-electron chi connectivity index (χ3n) is 3.52. The predicted octanol–water partition coefficient (Wildman–Crippen LogP) is 2.22. The normalized spacial score (nSPS) is 18.0. The molecular formula is C13H17N3. The van der Waals surface area contributed by atoms with Crippen molar-refractivity contribution < 1.29 is 0 Å². The van der Waals surface area contributed by atoms with Gasteiger partial charge in [-0.25, -0.2) is 0 Å². The molecule has 1 aliphatic heterocycles. The summed E-state index contributed by atoms with van der Waals surface area (Å²) in [5.74, 6) is 0.693. The molecule has 1 fully saturated rings. The van der Waals surface area contributed by atoms with Gasteiger partial charge in [0, 0.05) is 22.8 Å². The van der Waals surface area contributed by atoms with Gasteiger partial charge in [0.15, 0.2) is 0 Å².